The number of aliphatic hydroxyl groups is 2. The Bertz CT molecular complexity index is 1440. The Labute approximate surface area is 456 Å². The van der Waals surface area contributed by atoms with Crippen LogP contribution in [-0.2, 0) is 39.8 Å². The van der Waals surface area contributed by atoms with Crippen LogP contribution in [0, 0.1) is 36.5 Å². The van der Waals surface area contributed by atoms with E-state index < -0.39 is 12.1 Å². The fourth-order valence-corrected chi connectivity index (χ4v) is 5.67. The third-order valence-corrected chi connectivity index (χ3v) is 9.21. The number of terminal acetylenes is 1. The molecular weight excluding hydrogens is 933 g/mol. The Hall–Kier alpha value is -4.28. The minimum absolute atomic E-state index is 0.0248. The van der Waals surface area contributed by atoms with Gasteiger partial charge in [-0.05, 0) is 101 Å². The van der Waals surface area contributed by atoms with Crippen molar-refractivity contribution >= 4 is 29.9 Å². The maximum Gasteiger partial charge on any atom is 0.308 e. The van der Waals surface area contributed by atoms with Gasteiger partial charge in [-0.3, -0.25) is 19.2 Å². The number of carbonyl (C=O) groups is 4. The summed E-state index contributed by atoms with van der Waals surface area (Å²) in [5.41, 5.74) is 1.91. The van der Waals surface area contributed by atoms with Crippen LogP contribution in [0.4, 0.5) is 5.69 Å². The number of hydrogen-bond acceptors (Lipinski definition) is 9. The average molecular weight is 1050 g/mol. The van der Waals surface area contributed by atoms with E-state index in [0.717, 1.165) is 69.5 Å². The molecule has 0 saturated carbocycles. The topological polar surface area (TPSA) is 184 Å². The molecule has 1 aromatic carbocycles. The molecule has 2 aliphatic rings. The fourth-order valence-electron chi connectivity index (χ4n) is 5.67. The number of methoxy groups -OCH3 is 1. The molecule has 0 bridgehead atoms. The number of carboxylic acid groups (broad SMARTS) is 1. The Morgan fingerprint density at radius 1 is 0.919 bits per heavy atom. The average Bonchev–Trinajstić information content (AvgIpc) is 4.14. The number of anilines is 1. The lowest BCUT2D eigenvalue weighted by Gasteiger charge is -2.28. The summed E-state index contributed by atoms with van der Waals surface area (Å²) >= 11 is 0. The lowest BCUT2D eigenvalue weighted by molar-refractivity contribution is -0.147. The number of carboxylic acids is 1. The maximum absolute atomic E-state index is 11.4. The fraction of sp³-hybridized carbons (Fsp3) is 0.710. The molecule has 436 valence electrons. The number of carbonyl (C=O) groups excluding carboxylic acids is 3. The number of aliphatic hydroxyl groups excluding tert-OH is 2. The van der Waals surface area contributed by atoms with Crippen molar-refractivity contribution in [2.24, 2.45) is 23.7 Å². The number of aliphatic carboxylic acids is 1. The Kier molecular flexibility index (Phi) is 77.9. The molecular formula is C62H118N2O10. The molecule has 1 saturated heterocycles. The Balaban J connectivity index is -0.000000119. The van der Waals surface area contributed by atoms with Crippen molar-refractivity contribution in [1.29, 1.82) is 0 Å². The first kappa shape index (κ1) is 86.4. The zero-order valence-corrected chi connectivity index (χ0v) is 51.4. The molecule has 0 radical (unpaired) electrons. The Morgan fingerprint density at radius 3 is 1.82 bits per heavy atom. The van der Waals surface area contributed by atoms with Gasteiger partial charge in [-0.25, -0.2) is 0 Å². The molecule has 6 unspecified atom stereocenters. The minimum Gasteiger partial charge on any atom is -0.481 e. The highest BCUT2D eigenvalue weighted by molar-refractivity contribution is 5.88. The van der Waals surface area contributed by atoms with Crippen LogP contribution < -0.4 is 10.6 Å². The number of benzene rings is 1. The van der Waals surface area contributed by atoms with Crippen molar-refractivity contribution in [3.63, 3.8) is 0 Å². The summed E-state index contributed by atoms with van der Waals surface area (Å²) in [5, 5.41) is 30.3. The van der Waals surface area contributed by atoms with Gasteiger partial charge < -0.3 is 40.2 Å². The Morgan fingerprint density at radius 2 is 1.43 bits per heavy atom. The van der Waals surface area contributed by atoms with Crippen LogP contribution in [0.2, 0.25) is 0 Å². The van der Waals surface area contributed by atoms with Gasteiger partial charge in [0, 0.05) is 45.7 Å². The van der Waals surface area contributed by atoms with Gasteiger partial charge in [0.1, 0.15) is 0 Å². The first-order valence-electron chi connectivity index (χ1n) is 27.7. The van der Waals surface area contributed by atoms with Crippen molar-refractivity contribution in [1.82, 2.24) is 5.32 Å². The van der Waals surface area contributed by atoms with E-state index in [-0.39, 0.29) is 29.8 Å². The molecule has 74 heavy (non-hydrogen) atoms. The predicted molar refractivity (Wildman–Crippen MR) is 318 cm³/mol. The second-order valence-electron chi connectivity index (χ2n) is 18.3. The van der Waals surface area contributed by atoms with Crippen molar-refractivity contribution in [2.75, 3.05) is 32.2 Å². The number of aryl methyl sites for hydroxylation is 1. The first-order chi connectivity index (χ1) is 35.1. The monoisotopic (exact) mass is 1050 g/mol. The number of epoxide rings is 1. The van der Waals surface area contributed by atoms with E-state index in [1.165, 1.54) is 38.2 Å². The smallest absolute Gasteiger partial charge is 0.308 e. The number of amides is 2. The molecule has 0 aromatic heterocycles. The van der Waals surface area contributed by atoms with Gasteiger partial charge in [0.25, 0.3) is 5.97 Å². The summed E-state index contributed by atoms with van der Waals surface area (Å²) in [6.45, 7) is 41.8. The van der Waals surface area contributed by atoms with E-state index >= 15 is 0 Å². The number of allylic oxidation sites excluding steroid dienone is 4. The van der Waals surface area contributed by atoms with Gasteiger partial charge in [-0.15, -0.1) is 12.8 Å². The molecule has 2 amide bonds. The summed E-state index contributed by atoms with van der Waals surface area (Å²) in [7, 11) is 1.68. The van der Waals surface area contributed by atoms with Crippen LogP contribution >= 0.6 is 0 Å². The zero-order valence-electron chi connectivity index (χ0n) is 51.4. The number of rotatable bonds is 15. The highest BCUT2D eigenvalue weighted by Crippen LogP contribution is 2.36. The molecule has 1 aromatic rings. The van der Waals surface area contributed by atoms with Crippen LogP contribution in [0.3, 0.4) is 0 Å². The van der Waals surface area contributed by atoms with Crippen LogP contribution in [0.15, 0.2) is 60.7 Å². The summed E-state index contributed by atoms with van der Waals surface area (Å²) in [5.74, 6) is 1.19. The van der Waals surface area contributed by atoms with Crippen LogP contribution in [0.5, 0.6) is 0 Å². The van der Waals surface area contributed by atoms with Gasteiger partial charge in [-0.2, -0.15) is 0 Å². The number of esters is 1. The van der Waals surface area contributed by atoms with Gasteiger partial charge in [0.05, 0.1) is 36.9 Å². The lowest BCUT2D eigenvalue weighted by atomic mass is 9.92. The molecule has 12 nitrogen and oxygen atoms in total. The molecule has 7 atom stereocenters. The molecule has 0 spiro atoms. The standard InChI is InChI=1S/C15H26O.C14H24O4.C11H15NO.C4H9NO.C4H10.C3H8O.C3H8.C2H4O2.2C2H6.C2H2/c1-5-7-8-10-12(3)11-14-15(16-14)13(4)9-6-2;1-11-5-4-7-14(2,17-3)8-6-12(15)9-13(16)18-10-11;1-3-4-10-5-7-11(8-6-10)12-9(2)13;1-2-3-5-4-6;1-4(2)3;1-2-3-4;1-3-2;1-2(3)4;3*1-2/h5,7-8,10,12-15H,6,9,11H2,1-4H3;4-5,11-12,15H,6-10H2,1-3H3;5-8H,3-4H2,1-2H3,(H,12,13);4H,2-3H2,1H3,(H,5,6);4H,1-3H3;4H,2-3H2,1H3;3H2,1-2H3;1H3,(H,3,4);2*1-2H3;1-2H/b7-5-,10-8+;5-4+;;;;;;;;;/t;11?,12?,14-;;;;;;;;;/m.0........./s1. The van der Waals surface area contributed by atoms with E-state index in [1.54, 1.807) is 7.11 Å². The second kappa shape index (κ2) is 66.7. The molecule has 0 aliphatic carbocycles. The number of hydrogen-bond donors (Lipinski definition) is 5. The van der Waals surface area contributed by atoms with Gasteiger partial charge >= 0.3 is 5.97 Å². The third kappa shape index (κ3) is 74.2. The summed E-state index contributed by atoms with van der Waals surface area (Å²) in [4.78, 5) is 40.6. The van der Waals surface area contributed by atoms with Crippen molar-refractivity contribution < 1.29 is 48.7 Å². The highest BCUT2D eigenvalue weighted by atomic mass is 16.6. The highest BCUT2D eigenvalue weighted by Gasteiger charge is 2.42. The summed E-state index contributed by atoms with van der Waals surface area (Å²) < 4.78 is 16.4. The van der Waals surface area contributed by atoms with Gasteiger partial charge in [0.15, 0.2) is 0 Å². The summed E-state index contributed by atoms with van der Waals surface area (Å²) in [6, 6.07) is 7.97. The van der Waals surface area contributed by atoms with Gasteiger partial charge in [0.2, 0.25) is 12.3 Å². The molecule has 2 heterocycles. The predicted octanol–water partition coefficient (Wildman–Crippen LogP) is 15.0. The number of nitrogens with one attached hydrogen (secondary N) is 2. The summed E-state index contributed by atoms with van der Waals surface area (Å²) in [6.07, 6.45) is 33.0. The largest absolute Gasteiger partial charge is 0.481 e. The van der Waals surface area contributed by atoms with Crippen molar-refractivity contribution in [3.05, 3.63) is 66.3 Å². The number of cyclic esters (lactones) is 1. The van der Waals surface area contributed by atoms with E-state index in [4.69, 9.17) is 29.2 Å². The van der Waals surface area contributed by atoms with E-state index in [2.05, 4.69) is 128 Å². The molecule has 1 fully saturated rings. The van der Waals surface area contributed by atoms with Gasteiger partial charge in [-0.1, -0.05) is 179 Å². The van der Waals surface area contributed by atoms with E-state index in [1.807, 2.05) is 80.5 Å². The number of ether oxygens (including phenoxy) is 3. The first-order valence-corrected chi connectivity index (χ1v) is 27.7. The van der Waals surface area contributed by atoms with Crippen molar-refractivity contribution in [3.8, 4) is 12.8 Å². The molecule has 12 heteroatoms. The van der Waals surface area contributed by atoms with Crippen LogP contribution in [-0.4, -0.2) is 90.4 Å². The zero-order chi connectivity index (χ0) is 59.3. The molecule has 5 N–H and O–H groups in total. The van der Waals surface area contributed by atoms with E-state index in [9.17, 15) is 19.5 Å². The normalized spacial score (nSPS) is 19.2. The van der Waals surface area contributed by atoms with Crippen LogP contribution in [0.25, 0.3) is 0 Å². The quantitative estimate of drug-likeness (QED) is 0.0215. The van der Waals surface area contributed by atoms with Crippen molar-refractivity contribution in [2.45, 2.75) is 239 Å². The lowest BCUT2D eigenvalue weighted by Crippen LogP contribution is -2.29. The minimum atomic E-state index is -0.833. The SMILES string of the molecule is C#C.C/C=C\C=C\C(C)CC1OC1C(C)CCC.CC.CC.CC(=O)O.CC(C)C.CCC.CCCNC=O.CCCO.CCCc1ccc(NC(C)=O)cc1.CO[C@@]1(C)C/C=C/C(C)COC(=O)CC(O)CC1. The molecule has 2 aliphatic heterocycles. The third-order valence-electron chi connectivity index (χ3n) is 9.21. The van der Waals surface area contributed by atoms with E-state index in [0.29, 0.717) is 44.2 Å². The molecule has 3 rings (SSSR count). The maximum atomic E-state index is 11.4. The second-order valence-corrected chi connectivity index (χ2v) is 18.3. The van der Waals surface area contributed by atoms with Crippen LogP contribution in [0.1, 0.15) is 215 Å².